The molecule has 0 heterocycles. The van der Waals surface area contributed by atoms with Crippen molar-refractivity contribution in [3.63, 3.8) is 0 Å². The molecule has 0 bridgehead atoms. The Bertz CT molecular complexity index is 407. The van der Waals surface area contributed by atoms with E-state index < -0.39 is 36.9 Å². The number of alkyl halides is 5. The fourth-order valence-corrected chi connectivity index (χ4v) is 1.49. The SMILES string of the molecule is CC(NCC(O)C(F)F)c1cccc(C(F)(F)F)c1. The van der Waals surface area contributed by atoms with Gasteiger partial charge in [0.2, 0.25) is 0 Å². The topological polar surface area (TPSA) is 32.3 Å². The molecule has 108 valence electrons. The maximum atomic E-state index is 12.5. The Morgan fingerprint density at radius 1 is 1.26 bits per heavy atom. The van der Waals surface area contributed by atoms with Crippen LogP contribution in [0, 0.1) is 0 Å². The molecule has 0 aliphatic heterocycles. The third-order valence-corrected chi connectivity index (χ3v) is 2.64. The number of aliphatic hydroxyl groups is 1. The van der Waals surface area contributed by atoms with Crippen molar-refractivity contribution in [1.29, 1.82) is 0 Å². The van der Waals surface area contributed by atoms with Crippen LogP contribution in [0.25, 0.3) is 0 Å². The second kappa shape index (κ2) is 6.29. The summed E-state index contributed by atoms with van der Waals surface area (Å²) in [6.45, 7) is 1.14. The Balaban J connectivity index is 2.70. The number of hydrogen-bond acceptors (Lipinski definition) is 2. The highest BCUT2D eigenvalue weighted by Crippen LogP contribution is 2.30. The first-order valence-electron chi connectivity index (χ1n) is 5.58. The minimum Gasteiger partial charge on any atom is -0.386 e. The molecule has 0 fully saturated rings. The molecule has 2 unspecified atom stereocenters. The lowest BCUT2D eigenvalue weighted by molar-refractivity contribution is -0.137. The molecule has 7 heteroatoms. The highest BCUT2D eigenvalue weighted by atomic mass is 19.4. The number of rotatable bonds is 5. The van der Waals surface area contributed by atoms with E-state index in [-0.39, 0.29) is 0 Å². The normalized spacial score (nSPS) is 15.6. The summed E-state index contributed by atoms with van der Waals surface area (Å²) in [6.07, 6.45) is -9.17. The summed E-state index contributed by atoms with van der Waals surface area (Å²) < 4.78 is 61.6. The van der Waals surface area contributed by atoms with Gasteiger partial charge in [0.05, 0.1) is 5.56 Å². The van der Waals surface area contributed by atoms with Crippen molar-refractivity contribution in [2.45, 2.75) is 31.7 Å². The zero-order chi connectivity index (χ0) is 14.6. The van der Waals surface area contributed by atoms with Crippen LogP contribution in [0.2, 0.25) is 0 Å². The first-order valence-corrected chi connectivity index (χ1v) is 5.58. The predicted molar refractivity (Wildman–Crippen MR) is 59.9 cm³/mol. The molecule has 1 aromatic carbocycles. The molecule has 1 aromatic rings. The fraction of sp³-hybridized carbons (Fsp3) is 0.500. The van der Waals surface area contributed by atoms with Crippen molar-refractivity contribution in [1.82, 2.24) is 5.32 Å². The highest BCUT2D eigenvalue weighted by Gasteiger charge is 2.30. The molecule has 0 aliphatic carbocycles. The van der Waals surface area contributed by atoms with Gasteiger partial charge in [-0.3, -0.25) is 0 Å². The largest absolute Gasteiger partial charge is 0.416 e. The van der Waals surface area contributed by atoms with Gasteiger partial charge < -0.3 is 10.4 Å². The van der Waals surface area contributed by atoms with Crippen LogP contribution >= 0.6 is 0 Å². The number of aliphatic hydroxyl groups excluding tert-OH is 1. The Labute approximate surface area is 107 Å². The van der Waals surface area contributed by atoms with Crippen LogP contribution in [0.1, 0.15) is 24.1 Å². The standard InChI is InChI=1S/C12H14F5NO/c1-7(18-6-10(19)11(13)14)8-3-2-4-9(5-8)12(15,16)17/h2-5,7,10-11,18-19H,6H2,1H3. The van der Waals surface area contributed by atoms with E-state index in [2.05, 4.69) is 5.32 Å². The van der Waals surface area contributed by atoms with E-state index >= 15 is 0 Å². The molecule has 2 atom stereocenters. The fourth-order valence-electron chi connectivity index (χ4n) is 1.49. The first-order chi connectivity index (χ1) is 8.71. The third-order valence-electron chi connectivity index (χ3n) is 2.64. The zero-order valence-corrected chi connectivity index (χ0v) is 10.1. The predicted octanol–water partition coefficient (Wildman–Crippen LogP) is 2.98. The summed E-state index contributed by atoms with van der Waals surface area (Å²) in [5.74, 6) is 0. The molecule has 19 heavy (non-hydrogen) atoms. The molecule has 0 saturated heterocycles. The Morgan fingerprint density at radius 2 is 1.89 bits per heavy atom. The summed E-state index contributed by atoms with van der Waals surface area (Å²) in [5.41, 5.74) is -0.482. The molecular formula is C12H14F5NO. The van der Waals surface area contributed by atoms with E-state index in [0.717, 1.165) is 12.1 Å². The molecule has 2 nitrogen and oxygen atoms in total. The maximum absolute atomic E-state index is 12.5. The molecule has 0 saturated carbocycles. The molecule has 0 radical (unpaired) electrons. The summed E-state index contributed by atoms with van der Waals surface area (Å²) in [6, 6.07) is 4.02. The van der Waals surface area contributed by atoms with Gasteiger partial charge >= 0.3 is 6.18 Å². The van der Waals surface area contributed by atoms with Crippen molar-refractivity contribution >= 4 is 0 Å². The second-order valence-corrected chi connectivity index (χ2v) is 4.15. The van der Waals surface area contributed by atoms with Crippen molar-refractivity contribution in [3.8, 4) is 0 Å². The Kier molecular flexibility index (Phi) is 5.25. The molecule has 0 aromatic heterocycles. The summed E-state index contributed by atoms with van der Waals surface area (Å²) in [5, 5.41) is 11.5. The van der Waals surface area contributed by atoms with Gasteiger partial charge in [-0.25, -0.2) is 8.78 Å². The molecule has 0 amide bonds. The number of benzene rings is 1. The van der Waals surface area contributed by atoms with E-state index in [9.17, 15) is 22.0 Å². The van der Waals surface area contributed by atoms with Crippen LogP contribution in [0.15, 0.2) is 24.3 Å². The molecule has 0 spiro atoms. The van der Waals surface area contributed by atoms with Gasteiger partial charge in [-0.2, -0.15) is 13.2 Å². The quantitative estimate of drug-likeness (QED) is 0.814. The van der Waals surface area contributed by atoms with Gasteiger partial charge in [0.15, 0.2) is 0 Å². The van der Waals surface area contributed by atoms with Crippen LogP contribution in [0.3, 0.4) is 0 Å². The lowest BCUT2D eigenvalue weighted by Crippen LogP contribution is -2.33. The monoisotopic (exact) mass is 283 g/mol. The van der Waals surface area contributed by atoms with Crippen molar-refractivity contribution in [2.24, 2.45) is 0 Å². The van der Waals surface area contributed by atoms with Crippen LogP contribution in [-0.4, -0.2) is 24.2 Å². The first kappa shape index (κ1) is 15.8. The summed E-state index contributed by atoms with van der Waals surface area (Å²) >= 11 is 0. The molecule has 1 rings (SSSR count). The lowest BCUT2D eigenvalue weighted by Gasteiger charge is -2.18. The van der Waals surface area contributed by atoms with Crippen LogP contribution in [0.4, 0.5) is 22.0 Å². The third kappa shape index (κ3) is 4.76. The Hall–Kier alpha value is -1.21. The van der Waals surface area contributed by atoms with Crippen molar-refractivity contribution < 1.29 is 27.1 Å². The van der Waals surface area contributed by atoms with E-state index in [0.29, 0.717) is 5.56 Å². The van der Waals surface area contributed by atoms with Gasteiger partial charge in [-0.05, 0) is 24.6 Å². The average Bonchev–Trinajstić information content (AvgIpc) is 2.34. The minimum atomic E-state index is -4.45. The van der Waals surface area contributed by atoms with Crippen LogP contribution < -0.4 is 5.32 Å². The Morgan fingerprint density at radius 3 is 2.42 bits per heavy atom. The maximum Gasteiger partial charge on any atom is 0.416 e. The van der Waals surface area contributed by atoms with E-state index in [4.69, 9.17) is 5.11 Å². The van der Waals surface area contributed by atoms with Gasteiger partial charge in [-0.15, -0.1) is 0 Å². The van der Waals surface area contributed by atoms with Crippen LogP contribution in [0.5, 0.6) is 0 Å². The van der Waals surface area contributed by atoms with E-state index in [1.165, 1.54) is 19.1 Å². The smallest absolute Gasteiger partial charge is 0.386 e. The lowest BCUT2D eigenvalue weighted by atomic mass is 10.0. The van der Waals surface area contributed by atoms with Gasteiger partial charge in [0.25, 0.3) is 6.43 Å². The highest BCUT2D eigenvalue weighted by molar-refractivity contribution is 5.27. The second-order valence-electron chi connectivity index (χ2n) is 4.15. The molecule has 0 aliphatic rings. The van der Waals surface area contributed by atoms with Gasteiger partial charge in [-0.1, -0.05) is 12.1 Å². The van der Waals surface area contributed by atoms with Crippen molar-refractivity contribution in [3.05, 3.63) is 35.4 Å². The van der Waals surface area contributed by atoms with E-state index in [1.807, 2.05) is 0 Å². The zero-order valence-electron chi connectivity index (χ0n) is 10.1. The van der Waals surface area contributed by atoms with Gasteiger partial charge in [0.1, 0.15) is 6.10 Å². The summed E-state index contributed by atoms with van der Waals surface area (Å²) in [4.78, 5) is 0. The molecule has 2 N–H and O–H groups in total. The van der Waals surface area contributed by atoms with Crippen LogP contribution in [-0.2, 0) is 6.18 Å². The van der Waals surface area contributed by atoms with Crippen molar-refractivity contribution in [2.75, 3.05) is 6.54 Å². The minimum absolute atomic E-state index is 0.316. The van der Waals surface area contributed by atoms with E-state index in [1.54, 1.807) is 0 Å². The number of nitrogens with one attached hydrogen (secondary N) is 1. The molecular weight excluding hydrogens is 269 g/mol. The number of hydrogen-bond donors (Lipinski definition) is 2. The number of halogens is 5. The van der Waals surface area contributed by atoms with Gasteiger partial charge in [0, 0.05) is 12.6 Å². The summed E-state index contributed by atoms with van der Waals surface area (Å²) in [7, 11) is 0. The average molecular weight is 283 g/mol.